The lowest BCUT2D eigenvalue weighted by Crippen LogP contribution is -2.13. The molecule has 2 aromatic rings. The van der Waals surface area contributed by atoms with Gasteiger partial charge in [-0.05, 0) is 47.4 Å². The second-order valence-electron chi connectivity index (χ2n) is 5.18. The van der Waals surface area contributed by atoms with Crippen molar-refractivity contribution in [2.45, 2.75) is 19.8 Å². The third kappa shape index (κ3) is 4.03. The van der Waals surface area contributed by atoms with Crippen LogP contribution in [0.4, 0.5) is 5.69 Å². The van der Waals surface area contributed by atoms with Crippen LogP contribution in [-0.2, 0) is 4.79 Å². The molecule has 1 N–H and O–H groups in total. The van der Waals surface area contributed by atoms with Crippen LogP contribution in [0.5, 0.6) is 0 Å². The molecule has 0 aliphatic rings. The quantitative estimate of drug-likeness (QED) is 0.689. The van der Waals surface area contributed by atoms with E-state index in [4.69, 9.17) is 5.26 Å². The van der Waals surface area contributed by atoms with E-state index in [9.17, 15) is 4.79 Å². The molecule has 1 amide bonds. The zero-order valence-electron chi connectivity index (χ0n) is 12.6. The fourth-order valence-corrected chi connectivity index (χ4v) is 1.92. The van der Waals surface area contributed by atoms with Gasteiger partial charge in [0.2, 0.25) is 0 Å². The maximum absolute atomic E-state index is 12.1. The average molecular weight is 291 g/mol. The van der Waals surface area contributed by atoms with E-state index in [0.717, 1.165) is 5.56 Å². The molecule has 0 bridgehead atoms. The van der Waals surface area contributed by atoms with Crippen LogP contribution < -0.4 is 5.32 Å². The molecule has 22 heavy (non-hydrogen) atoms. The van der Waals surface area contributed by atoms with Gasteiger partial charge in [0.25, 0.3) is 5.91 Å². The van der Waals surface area contributed by atoms with Gasteiger partial charge in [-0.3, -0.25) is 9.78 Å². The molecular formula is C18H17N3O. The fourth-order valence-electron chi connectivity index (χ4n) is 1.92. The predicted molar refractivity (Wildman–Crippen MR) is 87.0 cm³/mol. The summed E-state index contributed by atoms with van der Waals surface area (Å²) < 4.78 is 0. The molecule has 0 spiro atoms. The maximum atomic E-state index is 12.1. The fraction of sp³-hybridized carbons (Fsp3) is 0.167. The standard InChI is InChI=1S/C18H17N3O/c1-13(2)15-3-5-17(6-4-15)21-18(22)16(12-19)11-14-7-9-20-10-8-14/h3-11,13H,1-2H3,(H,21,22)/b16-11+. The van der Waals surface area contributed by atoms with E-state index >= 15 is 0 Å². The summed E-state index contributed by atoms with van der Waals surface area (Å²) in [6.45, 7) is 4.22. The first-order chi connectivity index (χ1) is 10.6. The number of carbonyl (C=O) groups excluding carboxylic acids is 1. The number of amides is 1. The lowest BCUT2D eigenvalue weighted by molar-refractivity contribution is -0.112. The average Bonchev–Trinajstić information content (AvgIpc) is 2.54. The normalized spacial score (nSPS) is 11.1. The Morgan fingerprint density at radius 2 is 1.82 bits per heavy atom. The molecule has 4 nitrogen and oxygen atoms in total. The Hall–Kier alpha value is -2.93. The van der Waals surface area contributed by atoms with E-state index in [1.807, 2.05) is 30.3 Å². The zero-order valence-corrected chi connectivity index (χ0v) is 12.6. The van der Waals surface area contributed by atoms with Crippen molar-refractivity contribution < 1.29 is 4.79 Å². The summed E-state index contributed by atoms with van der Waals surface area (Å²) in [5.41, 5.74) is 2.69. The summed E-state index contributed by atoms with van der Waals surface area (Å²) in [4.78, 5) is 16.1. The van der Waals surface area contributed by atoms with E-state index < -0.39 is 5.91 Å². The first kappa shape index (κ1) is 15.5. The van der Waals surface area contributed by atoms with Crippen molar-refractivity contribution in [3.63, 3.8) is 0 Å². The van der Waals surface area contributed by atoms with Gasteiger partial charge in [0.1, 0.15) is 11.6 Å². The van der Waals surface area contributed by atoms with Crippen molar-refractivity contribution in [2.75, 3.05) is 5.32 Å². The minimum absolute atomic E-state index is 0.0548. The molecule has 4 heteroatoms. The Morgan fingerprint density at radius 1 is 1.18 bits per heavy atom. The molecular weight excluding hydrogens is 274 g/mol. The Balaban J connectivity index is 2.13. The number of benzene rings is 1. The van der Waals surface area contributed by atoms with Gasteiger partial charge in [-0.2, -0.15) is 5.26 Å². The second kappa shape index (κ2) is 7.19. The smallest absolute Gasteiger partial charge is 0.266 e. The molecule has 0 unspecified atom stereocenters. The predicted octanol–water partition coefficient (Wildman–Crippen LogP) is 3.75. The molecule has 0 saturated heterocycles. The monoisotopic (exact) mass is 291 g/mol. The van der Waals surface area contributed by atoms with Crippen molar-refractivity contribution in [1.29, 1.82) is 5.26 Å². The number of pyridine rings is 1. The first-order valence-corrected chi connectivity index (χ1v) is 7.03. The van der Waals surface area contributed by atoms with Crippen molar-refractivity contribution in [2.24, 2.45) is 0 Å². The highest BCUT2D eigenvalue weighted by Crippen LogP contribution is 2.17. The second-order valence-corrected chi connectivity index (χ2v) is 5.18. The summed E-state index contributed by atoms with van der Waals surface area (Å²) in [5.74, 6) is 0.0163. The summed E-state index contributed by atoms with van der Waals surface area (Å²) in [7, 11) is 0. The van der Waals surface area contributed by atoms with Crippen LogP contribution in [0.25, 0.3) is 6.08 Å². The first-order valence-electron chi connectivity index (χ1n) is 7.03. The SMILES string of the molecule is CC(C)c1ccc(NC(=O)/C(C#N)=C/c2ccncc2)cc1. The van der Waals surface area contributed by atoms with Crippen LogP contribution in [0.2, 0.25) is 0 Å². The summed E-state index contributed by atoms with van der Waals surface area (Å²) in [5, 5.41) is 11.9. The minimum Gasteiger partial charge on any atom is -0.321 e. The number of rotatable bonds is 4. The zero-order chi connectivity index (χ0) is 15.9. The molecule has 0 aliphatic carbocycles. The number of nitrogens with one attached hydrogen (secondary N) is 1. The van der Waals surface area contributed by atoms with Crippen LogP contribution in [0.1, 0.15) is 30.9 Å². The highest BCUT2D eigenvalue weighted by atomic mass is 16.1. The molecule has 1 aromatic carbocycles. The van der Waals surface area contributed by atoms with E-state index in [2.05, 4.69) is 24.1 Å². The van der Waals surface area contributed by atoms with Gasteiger partial charge in [-0.25, -0.2) is 0 Å². The molecule has 1 aromatic heterocycles. The highest BCUT2D eigenvalue weighted by Gasteiger charge is 2.09. The number of anilines is 1. The molecule has 1 heterocycles. The van der Waals surface area contributed by atoms with Crippen LogP contribution in [0.15, 0.2) is 54.4 Å². The third-order valence-corrected chi connectivity index (χ3v) is 3.22. The summed E-state index contributed by atoms with van der Waals surface area (Å²) >= 11 is 0. The third-order valence-electron chi connectivity index (χ3n) is 3.22. The molecule has 0 radical (unpaired) electrons. The lowest BCUT2D eigenvalue weighted by Gasteiger charge is -2.08. The Kier molecular flexibility index (Phi) is 5.05. The largest absolute Gasteiger partial charge is 0.321 e. The van der Waals surface area contributed by atoms with Gasteiger partial charge < -0.3 is 5.32 Å². The van der Waals surface area contributed by atoms with Gasteiger partial charge in [-0.15, -0.1) is 0 Å². The molecule has 0 fully saturated rings. The molecule has 110 valence electrons. The van der Waals surface area contributed by atoms with E-state index in [-0.39, 0.29) is 5.57 Å². The van der Waals surface area contributed by atoms with E-state index in [1.165, 1.54) is 5.56 Å². The number of hydrogen-bond acceptors (Lipinski definition) is 3. The Bertz CT molecular complexity index is 710. The van der Waals surface area contributed by atoms with Crippen LogP contribution >= 0.6 is 0 Å². The number of carbonyl (C=O) groups is 1. The summed E-state index contributed by atoms with van der Waals surface area (Å²) in [6.07, 6.45) is 4.77. The molecule has 2 rings (SSSR count). The number of aromatic nitrogens is 1. The van der Waals surface area contributed by atoms with Crippen LogP contribution in [0.3, 0.4) is 0 Å². The summed E-state index contributed by atoms with van der Waals surface area (Å²) in [6, 6.07) is 13.0. The van der Waals surface area contributed by atoms with Gasteiger partial charge in [0.15, 0.2) is 0 Å². The van der Waals surface area contributed by atoms with Crippen LogP contribution in [0, 0.1) is 11.3 Å². The topological polar surface area (TPSA) is 65.8 Å². The van der Waals surface area contributed by atoms with E-state index in [1.54, 1.807) is 30.6 Å². The number of nitriles is 1. The van der Waals surface area contributed by atoms with Crippen molar-refractivity contribution in [1.82, 2.24) is 4.98 Å². The van der Waals surface area contributed by atoms with Gasteiger partial charge in [-0.1, -0.05) is 26.0 Å². The number of nitrogens with zero attached hydrogens (tertiary/aromatic N) is 2. The van der Waals surface area contributed by atoms with Crippen LogP contribution in [-0.4, -0.2) is 10.9 Å². The Morgan fingerprint density at radius 3 is 2.36 bits per heavy atom. The molecule has 0 atom stereocenters. The lowest BCUT2D eigenvalue weighted by atomic mass is 10.0. The number of hydrogen-bond donors (Lipinski definition) is 1. The van der Waals surface area contributed by atoms with E-state index in [0.29, 0.717) is 11.6 Å². The minimum atomic E-state index is -0.420. The maximum Gasteiger partial charge on any atom is 0.266 e. The van der Waals surface area contributed by atoms with Gasteiger partial charge in [0.05, 0.1) is 0 Å². The molecule has 0 aliphatic heterocycles. The van der Waals surface area contributed by atoms with Crippen molar-refractivity contribution in [3.8, 4) is 6.07 Å². The Labute approximate surface area is 130 Å². The van der Waals surface area contributed by atoms with Crippen molar-refractivity contribution in [3.05, 3.63) is 65.5 Å². The highest BCUT2D eigenvalue weighted by molar-refractivity contribution is 6.09. The van der Waals surface area contributed by atoms with Gasteiger partial charge in [0, 0.05) is 18.1 Å². The van der Waals surface area contributed by atoms with Gasteiger partial charge >= 0.3 is 0 Å². The molecule has 0 saturated carbocycles. The van der Waals surface area contributed by atoms with Crippen molar-refractivity contribution >= 4 is 17.7 Å².